The molecule has 198 valence electrons. The summed E-state index contributed by atoms with van der Waals surface area (Å²) in [6, 6.07) is 17.2. The second kappa shape index (κ2) is 10.8. The molecule has 0 aromatic heterocycles. The van der Waals surface area contributed by atoms with Gasteiger partial charge in [0, 0.05) is 44.6 Å². The molecule has 8 heteroatoms. The van der Waals surface area contributed by atoms with E-state index in [1.54, 1.807) is 11.0 Å². The summed E-state index contributed by atoms with van der Waals surface area (Å²) >= 11 is 0. The average Bonchev–Trinajstić information content (AvgIpc) is 3.17. The van der Waals surface area contributed by atoms with Crippen LogP contribution < -0.4 is 10.2 Å². The molecular weight excluding hydrogens is 468 g/mol. The molecule has 2 aromatic carbocycles. The summed E-state index contributed by atoms with van der Waals surface area (Å²) in [7, 11) is 1.86. The van der Waals surface area contributed by atoms with E-state index < -0.39 is 17.8 Å². The Bertz CT molecular complexity index is 1100. The van der Waals surface area contributed by atoms with E-state index in [4.69, 9.17) is 4.74 Å². The Morgan fingerprint density at radius 2 is 1.78 bits per heavy atom. The highest BCUT2D eigenvalue weighted by Gasteiger charge is 2.53. The molecule has 0 saturated carbocycles. The fraction of sp³-hybridized carbons (Fsp3) is 0.517. The Morgan fingerprint density at radius 1 is 1.08 bits per heavy atom. The number of nitrogens with zero attached hydrogens (tertiary/aromatic N) is 3. The lowest BCUT2D eigenvalue weighted by Gasteiger charge is -2.46. The molecule has 3 fully saturated rings. The van der Waals surface area contributed by atoms with Crippen LogP contribution in [0, 0.1) is 12.8 Å². The predicted octanol–water partition coefficient (Wildman–Crippen LogP) is 2.61. The summed E-state index contributed by atoms with van der Waals surface area (Å²) in [5, 5.41) is 14.8. The summed E-state index contributed by atoms with van der Waals surface area (Å²) in [4.78, 5) is 32.6. The number of ether oxygens (including phenoxy) is 1. The Labute approximate surface area is 219 Å². The SMILES string of the molecule is Cc1cccc(C(=O)N[C@H](C2CCOCC2)C(O)N2CCC3(CC2)C(=O)N(C)CN3c2ccccc2)c1. The molecule has 37 heavy (non-hydrogen) atoms. The van der Waals surface area contributed by atoms with E-state index in [2.05, 4.69) is 22.3 Å². The molecule has 2 amide bonds. The largest absolute Gasteiger partial charge is 0.381 e. The number of para-hydroxylation sites is 1. The lowest BCUT2D eigenvalue weighted by Crippen LogP contribution is -2.62. The Balaban J connectivity index is 1.33. The summed E-state index contributed by atoms with van der Waals surface area (Å²) < 4.78 is 5.56. The van der Waals surface area contributed by atoms with Gasteiger partial charge in [0.2, 0.25) is 5.91 Å². The Hall–Kier alpha value is -2.94. The van der Waals surface area contributed by atoms with Crippen molar-refractivity contribution in [3.63, 3.8) is 0 Å². The second-order valence-electron chi connectivity index (χ2n) is 10.7. The number of carbonyl (C=O) groups is 2. The number of hydrogen-bond acceptors (Lipinski definition) is 6. The zero-order valence-electron chi connectivity index (χ0n) is 21.8. The number of aryl methyl sites for hydroxylation is 1. The molecule has 1 spiro atoms. The highest BCUT2D eigenvalue weighted by atomic mass is 16.5. The lowest BCUT2D eigenvalue weighted by molar-refractivity contribution is -0.134. The van der Waals surface area contributed by atoms with E-state index >= 15 is 0 Å². The van der Waals surface area contributed by atoms with Crippen molar-refractivity contribution in [1.29, 1.82) is 0 Å². The van der Waals surface area contributed by atoms with Gasteiger partial charge in [0.15, 0.2) is 0 Å². The van der Waals surface area contributed by atoms with Gasteiger partial charge in [-0.1, -0.05) is 35.9 Å². The van der Waals surface area contributed by atoms with Gasteiger partial charge in [-0.2, -0.15) is 0 Å². The number of likely N-dealkylation sites (tertiary alicyclic amines) is 1. The van der Waals surface area contributed by atoms with Crippen LogP contribution in [0.25, 0.3) is 0 Å². The summed E-state index contributed by atoms with van der Waals surface area (Å²) in [5.41, 5.74) is 2.05. The second-order valence-corrected chi connectivity index (χ2v) is 10.7. The first-order valence-electron chi connectivity index (χ1n) is 13.3. The number of likely N-dealkylation sites (N-methyl/N-ethyl adjacent to an activating group) is 1. The van der Waals surface area contributed by atoms with Crippen LogP contribution in [-0.4, -0.2) is 84.5 Å². The van der Waals surface area contributed by atoms with Crippen LogP contribution in [0.15, 0.2) is 54.6 Å². The van der Waals surface area contributed by atoms with Crippen LogP contribution in [0.1, 0.15) is 41.6 Å². The maximum atomic E-state index is 13.4. The molecular formula is C29H38N4O4. The standard InChI is InChI=1S/C29H38N4O4/c1-21-7-6-8-23(19-21)26(34)30-25(22-11-17-37-18-12-22)27(35)32-15-13-29(14-16-32)28(36)31(2)20-33(29)24-9-4-3-5-10-24/h3-10,19,22,25,27,35H,11-18,20H2,1-2H3,(H,30,34)/t25-,27?/m1/s1. The zero-order valence-corrected chi connectivity index (χ0v) is 21.8. The van der Waals surface area contributed by atoms with Crippen molar-refractivity contribution >= 4 is 17.5 Å². The van der Waals surface area contributed by atoms with Gasteiger partial charge in [0.05, 0.1) is 12.7 Å². The number of amides is 2. The maximum Gasteiger partial charge on any atom is 0.251 e. The number of hydrogen-bond donors (Lipinski definition) is 2. The van der Waals surface area contributed by atoms with Gasteiger partial charge in [-0.3, -0.25) is 14.5 Å². The highest BCUT2D eigenvalue weighted by Crippen LogP contribution is 2.39. The average molecular weight is 507 g/mol. The van der Waals surface area contributed by atoms with Crippen LogP contribution in [0.4, 0.5) is 5.69 Å². The van der Waals surface area contributed by atoms with Crippen molar-refractivity contribution in [2.45, 2.75) is 50.4 Å². The third kappa shape index (κ3) is 5.10. The molecule has 1 unspecified atom stereocenters. The van der Waals surface area contributed by atoms with Gasteiger partial charge >= 0.3 is 0 Å². The van der Waals surface area contributed by atoms with Crippen LogP contribution in [0.5, 0.6) is 0 Å². The molecule has 0 radical (unpaired) electrons. The van der Waals surface area contributed by atoms with E-state index in [1.807, 2.05) is 55.3 Å². The van der Waals surface area contributed by atoms with Crippen molar-refractivity contribution in [1.82, 2.24) is 15.1 Å². The molecule has 2 aromatic rings. The third-order valence-electron chi connectivity index (χ3n) is 8.36. The molecule has 3 aliphatic heterocycles. The highest BCUT2D eigenvalue weighted by molar-refractivity contribution is 5.94. The lowest BCUT2D eigenvalue weighted by atomic mass is 9.84. The van der Waals surface area contributed by atoms with E-state index in [0.717, 1.165) is 24.1 Å². The summed E-state index contributed by atoms with van der Waals surface area (Å²) in [6.07, 6.45) is 1.98. The van der Waals surface area contributed by atoms with Crippen molar-refractivity contribution in [2.24, 2.45) is 5.92 Å². The fourth-order valence-electron chi connectivity index (χ4n) is 6.22. The van der Waals surface area contributed by atoms with E-state index in [1.165, 1.54) is 0 Å². The zero-order chi connectivity index (χ0) is 26.0. The van der Waals surface area contributed by atoms with Gasteiger partial charge in [-0.25, -0.2) is 0 Å². The monoisotopic (exact) mass is 506 g/mol. The molecule has 0 bridgehead atoms. The van der Waals surface area contributed by atoms with Crippen molar-refractivity contribution in [3.8, 4) is 0 Å². The third-order valence-corrected chi connectivity index (χ3v) is 8.36. The summed E-state index contributed by atoms with van der Waals surface area (Å²) in [5.74, 6) is 0.0863. The Kier molecular flexibility index (Phi) is 7.51. The van der Waals surface area contributed by atoms with Gasteiger partial charge < -0.3 is 25.0 Å². The molecule has 2 atom stereocenters. The minimum absolute atomic E-state index is 0.119. The van der Waals surface area contributed by atoms with Crippen LogP contribution in [0.3, 0.4) is 0 Å². The van der Waals surface area contributed by atoms with Crippen LogP contribution >= 0.6 is 0 Å². The number of benzene rings is 2. The first-order valence-corrected chi connectivity index (χ1v) is 13.3. The molecule has 3 heterocycles. The molecule has 5 rings (SSSR count). The van der Waals surface area contributed by atoms with Gasteiger partial charge in [0.1, 0.15) is 11.8 Å². The molecule has 3 aliphatic rings. The topological polar surface area (TPSA) is 85.3 Å². The smallest absolute Gasteiger partial charge is 0.251 e. The van der Waals surface area contributed by atoms with Gasteiger partial charge in [0.25, 0.3) is 5.91 Å². The predicted molar refractivity (Wildman–Crippen MR) is 142 cm³/mol. The van der Waals surface area contributed by atoms with Crippen LogP contribution in [-0.2, 0) is 9.53 Å². The number of aliphatic hydroxyl groups excluding tert-OH is 1. The number of aliphatic hydroxyl groups is 1. The van der Waals surface area contributed by atoms with E-state index in [0.29, 0.717) is 51.4 Å². The molecule has 8 nitrogen and oxygen atoms in total. The Morgan fingerprint density at radius 3 is 2.46 bits per heavy atom. The number of nitrogens with one attached hydrogen (secondary N) is 1. The first kappa shape index (κ1) is 25.7. The van der Waals surface area contributed by atoms with Gasteiger partial charge in [-0.05, 0) is 62.8 Å². The fourth-order valence-corrected chi connectivity index (χ4v) is 6.22. The molecule has 2 N–H and O–H groups in total. The normalized spacial score (nSPS) is 22.3. The van der Waals surface area contributed by atoms with Crippen molar-refractivity contribution < 1.29 is 19.4 Å². The van der Waals surface area contributed by atoms with Crippen LogP contribution in [0.2, 0.25) is 0 Å². The summed E-state index contributed by atoms with van der Waals surface area (Å²) in [6.45, 7) is 4.93. The quantitative estimate of drug-likeness (QED) is 0.627. The van der Waals surface area contributed by atoms with Crippen molar-refractivity contribution in [2.75, 3.05) is 44.9 Å². The van der Waals surface area contributed by atoms with E-state index in [-0.39, 0.29) is 17.7 Å². The van der Waals surface area contributed by atoms with Crippen molar-refractivity contribution in [3.05, 3.63) is 65.7 Å². The minimum Gasteiger partial charge on any atom is -0.381 e. The number of carbonyl (C=O) groups excluding carboxylic acids is 2. The number of rotatable bonds is 6. The maximum absolute atomic E-state index is 13.4. The number of piperidine rings is 1. The van der Waals surface area contributed by atoms with E-state index in [9.17, 15) is 14.7 Å². The minimum atomic E-state index is -0.839. The molecule has 0 aliphatic carbocycles. The van der Waals surface area contributed by atoms with Gasteiger partial charge in [-0.15, -0.1) is 0 Å². The first-order chi connectivity index (χ1) is 17.9. The molecule has 3 saturated heterocycles. The number of anilines is 1.